The summed E-state index contributed by atoms with van der Waals surface area (Å²) in [4.78, 5) is 10.7. The smallest absolute Gasteiger partial charge is 0.338 e. The van der Waals surface area contributed by atoms with Gasteiger partial charge in [-0.05, 0) is 24.3 Å². The van der Waals surface area contributed by atoms with Crippen LogP contribution in [-0.2, 0) is 0 Å². The number of hydroxylamine groups is 2. The van der Waals surface area contributed by atoms with Crippen molar-refractivity contribution in [1.82, 2.24) is 5.06 Å². The molecule has 0 aliphatic heterocycles. The quantitative estimate of drug-likeness (QED) is 0.571. The van der Waals surface area contributed by atoms with Crippen molar-refractivity contribution in [3.05, 3.63) is 35.9 Å². The van der Waals surface area contributed by atoms with E-state index in [0.29, 0.717) is 11.0 Å². The minimum atomic E-state index is -0.772. The number of rotatable bonds is 2. The molecule has 80 valence electrons. The fourth-order valence-corrected chi connectivity index (χ4v) is 1.96. The number of nitrogens with zero attached hydrogens (tertiary/aromatic N) is 1. The third-order valence-corrected chi connectivity index (χ3v) is 2.96. The largest absolute Gasteiger partial charge is 0.350 e. The first kappa shape index (κ1) is 9.98. The summed E-state index contributed by atoms with van der Waals surface area (Å²) < 4.78 is 0. The summed E-state index contributed by atoms with van der Waals surface area (Å²) in [5.74, 6) is 0.435. The van der Waals surface area contributed by atoms with Gasteiger partial charge in [0.2, 0.25) is 0 Å². The summed E-state index contributed by atoms with van der Waals surface area (Å²) in [6.45, 7) is 0. The second kappa shape index (κ2) is 3.90. The van der Waals surface area contributed by atoms with Crippen LogP contribution in [0.4, 0.5) is 4.79 Å². The zero-order chi connectivity index (χ0) is 10.8. The Morgan fingerprint density at radius 2 is 1.93 bits per heavy atom. The van der Waals surface area contributed by atoms with Gasteiger partial charge in [-0.2, -0.15) is 0 Å². The van der Waals surface area contributed by atoms with E-state index in [1.165, 1.54) is 5.56 Å². The molecular formula is C11H14N2O2. The predicted molar refractivity (Wildman–Crippen MR) is 55.4 cm³/mol. The lowest BCUT2D eigenvalue weighted by Gasteiger charge is -2.39. The average molecular weight is 206 g/mol. The molecule has 0 aromatic heterocycles. The first-order valence-corrected chi connectivity index (χ1v) is 5.01. The van der Waals surface area contributed by atoms with Crippen molar-refractivity contribution in [3.8, 4) is 0 Å². The maximum Gasteiger partial charge on any atom is 0.338 e. The molecule has 0 saturated heterocycles. The number of nitrogens with two attached hydrogens (primary N) is 1. The number of benzene rings is 1. The van der Waals surface area contributed by atoms with Gasteiger partial charge in [-0.1, -0.05) is 30.3 Å². The molecule has 1 aliphatic rings. The van der Waals surface area contributed by atoms with Crippen LogP contribution in [0.25, 0.3) is 0 Å². The van der Waals surface area contributed by atoms with Crippen LogP contribution in [0.1, 0.15) is 24.3 Å². The maximum absolute atomic E-state index is 10.7. The summed E-state index contributed by atoms with van der Waals surface area (Å²) in [6.07, 6.45) is 1.56. The first-order chi connectivity index (χ1) is 7.18. The average Bonchev–Trinajstić information content (AvgIpc) is 2.17. The van der Waals surface area contributed by atoms with E-state index in [-0.39, 0.29) is 6.04 Å². The van der Waals surface area contributed by atoms with E-state index >= 15 is 0 Å². The molecule has 0 radical (unpaired) electrons. The predicted octanol–water partition coefficient (Wildman–Crippen LogP) is 1.70. The molecule has 2 rings (SSSR count). The zero-order valence-corrected chi connectivity index (χ0v) is 8.34. The molecule has 0 bridgehead atoms. The molecule has 4 heteroatoms. The summed E-state index contributed by atoms with van der Waals surface area (Å²) >= 11 is 0. The Balaban J connectivity index is 1.91. The van der Waals surface area contributed by atoms with E-state index < -0.39 is 6.03 Å². The molecule has 0 heterocycles. The Hall–Kier alpha value is -1.55. The Bertz CT molecular complexity index is 347. The van der Waals surface area contributed by atoms with Crippen LogP contribution >= 0.6 is 0 Å². The number of primary amides is 1. The normalized spacial score (nSPS) is 24.3. The molecule has 0 spiro atoms. The lowest BCUT2D eigenvalue weighted by Crippen LogP contribution is -2.47. The van der Waals surface area contributed by atoms with E-state index in [9.17, 15) is 10.0 Å². The fourth-order valence-electron chi connectivity index (χ4n) is 1.96. The molecule has 1 saturated carbocycles. The van der Waals surface area contributed by atoms with Crippen LogP contribution in [0.2, 0.25) is 0 Å². The van der Waals surface area contributed by atoms with Crippen LogP contribution in [0.3, 0.4) is 0 Å². The van der Waals surface area contributed by atoms with E-state index in [0.717, 1.165) is 12.8 Å². The number of carbonyl (C=O) groups is 1. The molecule has 2 amide bonds. The molecule has 3 N–H and O–H groups in total. The van der Waals surface area contributed by atoms with Crippen LogP contribution in [0.5, 0.6) is 0 Å². The van der Waals surface area contributed by atoms with Gasteiger partial charge in [0.15, 0.2) is 0 Å². The summed E-state index contributed by atoms with van der Waals surface area (Å²) in [5.41, 5.74) is 6.22. The van der Waals surface area contributed by atoms with Gasteiger partial charge in [0.1, 0.15) is 0 Å². The van der Waals surface area contributed by atoms with Crippen LogP contribution < -0.4 is 5.73 Å². The SMILES string of the molecule is NC(=O)N(O)[C@H]1C[C@@H](c2ccccc2)C1. The minimum Gasteiger partial charge on any atom is -0.350 e. The molecule has 0 atom stereocenters. The van der Waals surface area contributed by atoms with Gasteiger partial charge < -0.3 is 5.73 Å². The van der Waals surface area contributed by atoms with Crippen molar-refractivity contribution in [2.75, 3.05) is 0 Å². The summed E-state index contributed by atoms with van der Waals surface area (Å²) in [6, 6.07) is 9.20. The summed E-state index contributed by atoms with van der Waals surface area (Å²) in [5, 5.41) is 9.91. The Morgan fingerprint density at radius 3 is 2.47 bits per heavy atom. The van der Waals surface area contributed by atoms with E-state index in [2.05, 4.69) is 12.1 Å². The minimum absolute atomic E-state index is 0.118. The highest BCUT2D eigenvalue weighted by atomic mass is 16.5. The van der Waals surface area contributed by atoms with Crippen LogP contribution in [0, 0.1) is 0 Å². The lowest BCUT2D eigenvalue weighted by atomic mass is 9.76. The molecular weight excluding hydrogens is 192 g/mol. The zero-order valence-electron chi connectivity index (χ0n) is 8.34. The van der Waals surface area contributed by atoms with Gasteiger partial charge in [0, 0.05) is 0 Å². The van der Waals surface area contributed by atoms with Crippen LogP contribution in [0.15, 0.2) is 30.3 Å². The molecule has 1 fully saturated rings. The number of hydrogen-bond donors (Lipinski definition) is 2. The molecule has 0 unspecified atom stereocenters. The molecule has 15 heavy (non-hydrogen) atoms. The summed E-state index contributed by atoms with van der Waals surface area (Å²) in [7, 11) is 0. The number of amides is 2. The highest BCUT2D eigenvalue weighted by Gasteiger charge is 2.35. The Kier molecular flexibility index (Phi) is 2.60. The maximum atomic E-state index is 10.7. The second-order valence-electron chi connectivity index (χ2n) is 3.92. The van der Waals surface area contributed by atoms with Crippen molar-refractivity contribution >= 4 is 6.03 Å². The molecule has 1 aliphatic carbocycles. The topological polar surface area (TPSA) is 66.6 Å². The lowest BCUT2D eigenvalue weighted by molar-refractivity contribution is -0.102. The first-order valence-electron chi connectivity index (χ1n) is 5.01. The molecule has 1 aromatic rings. The monoisotopic (exact) mass is 206 g/mol. The molecule has 1 aromatic carbocycles. The van der Waals surface area contributed by atoms with Gasteiger partial charge in [0.25, 0.3) is 0 Å². The second-order valence-corrected chi connectivity index (χ2v) is 3.92. The number of carbonyl (C=O) groups excluding carboxylic acids is 1. The van der Waals surface area contributed by atoms with Gasteiger partial charge >= 0.3 is 6.03 Å². The van der Waals surface area contributed by atoms with E-state index in [1.807, 2.05) is 18.2 Å². The van der Waals surface area contributed by atoms with Gasteiger partial charge in [-0.25, -0.2) is 9.86 Å². The highest BCUT2D eigenvalue weighted by Crippen LogP contribution is 2.38. The van der Waals surface area contributed by atoms with Gasteiger partial charge in [-0.15, -0.1) is 0 Å². The number of hydrogen-bond acceptors (Lipinski definition) is 2. The third-order valence-electron chi connectivity index (χ3n) is 2.96. The van der Waals surface area contributed by atoms with E-state index in [4.69, 9.17) is 5.73 Å². The van der Waals surface area contributed by atoms with Crippen molar-refractivity contribution in [1.29, 1.82) is 0 Å². The Labute approximate surface area is 88.3 Å². The Morgan fingerprint density at radius 1 is 1.33 bits per heavy atom. The molecule has 4 nitrogen and oxygen atoms in total. The third kappa shape index (κ3) is 1.94. The number of urea groups is 1. The standard InChI is InChI=1S/C11H14N2O2/c12-11(14)13(15)10-6-9(7-10)8-4-2-1-3-5-8/h1-5,9-10,15H,6-7H2,(H2,12,14)/t9-,10+. The van der Waals surface area contributed by atoms with Gasteiger partial charge in [-0.3, -0.25) is 5.21 Å². The highest BCUT2D eigenvalue weighted by molar-refractivity contribution is 5.71. The van der Waals surface area contributed by atoms with Crippen molar-refractivity contribution < 1.29 is 10.0 Å². The van der Waals surface area contributed by atoms with E-state index in [1.54, 1.807) is 0 Å². The van der Waals surface area contributed by atoms with Crippen molar-refractivity contribution in [2.24, 2.45) is 5.73 Å². The van der Waals surface area contributed by atoms with Crippen LogP contribution in [-0.4, -0.2) is 22.3 Å². The van der Waals surface area contributed by atoms with Crippen molar-refractivity contribution in [2.45, 2.75) is 24.8 Å². The van der Waals surface area contributed by atoms with Gasteiger partial charge in [0.05, 0.1) is 6.04 Å². The van der Waals surface area contributed by atoms with Crippen molar-refractivity contribution in [3.63, 3.8) is 0 Å². The fraction of sp³-hybridized carbons (Fsp3) is 0.364.